The van der Waals surface area contributed by atoms with Crippen LogP contribution in [0.4, 0.5) is 11.6 Å². The number of nitriles is 1. The smallest absolute Gasteiger partial charge is 0.434 e. The van der Waals surface area contributed by atoms with E-state index in [1.165, 1.54) is 11.6 Å². The van der Waals surface area contributed by atoms with E-state index in [9.17, 15) is 10.2 Å². The molecule has 4 N–H and O–H groups in total. The van der Waals surface area contributed by atoms with Crippen LogP contribution in [-0.2, 0) is 6.54 Å². The summed E-state index contributed by atoms with van der Waals surface area (Å²) in [6.45, 7) is 3.98. The van der Waals surface area contributed by atoms with E-state index in [-0.39, 0.29) is 11.8 Å². The third-order valence-corrected chi connectivity index (χ3v) is 6.68. The molecule has 3 aromatic heterocycles. The van der Waals surface area contributed by atoms with Gasteiger partial charge in [-0.25, -0.2) is 0 Å². The van der Waals surface area contributed by atoms with Gasteiger partial charge in [-0.05, 0) is 45.9 Å². The Hall–Kier alpha value is -5.21. The summed E-state index contributed by atoms with van der Waals surface area (Å²) >= 11 is 0. The van der Waals surface area contributed by atoms with Gasteiger partial charge in [-0.3, -0.25) is 14.5 Å². The third kappa shape index (κ3) is 5.14. The Balaban J connectivity index is 1.36. The molecule has 194 valence electrons. The van der Waals surface area contributed by atoms with Gasteiger partial charge in [-0.15, -0.1) is 0 Å². The Bertz CT molecular complexity index is 1790. The zero-order chi connectivity index (χ0) is 26.8. The molecule has 1 aliphatic rings. The minimum atomic E-state index is -0.137. The second-order valence-electron chi connectivity index (χ2n) is 9.35. The summed E-state index contributed by atoms with van der Waals surface area (Å²) in [5, 5.41) is 37.4. The molecule has 39 heavy (non-hydrogen) atoms. The van der Waals surface area contributed by atoms with Crippen molar-refractivity contribution in [2.75, 3.05) is 31.5 Å². The molecule has 0 amide bonds. The van der Waals surface area contributed by atoms with Crippen molar-refractivity contribution in [3.8, 4) is 17.8 Å². The van der Waals surface area contributed by atoms with E-state index >= 15 is 0 Å². The lowest BCUT2D eigenvalue weighted by Gasteiger charge is -2.27. The van der Waals surface area contributed by atoms with Crippen LogP contribution in [0.2, 0.25) is 0 Å². The first-order valence-corrected chi connectivity index (χ1v) is 12.6. The monoisotopic (exact) mass is 520 g/mol. The molecule has 6 rings (SSSR count). The van der Waals surface area contributed by atoms with Gasteiger partial charge < -0.3 is 15.5 Å². The number of H-pyrrole nitrogens is 1. The molecule has 0 bridgehead atoms. The Morgan fingerprint density at radius 2 is 1.82 bits per heavy atom. The number of aromatic amines is 1. The predicted molar refractivity (Wildman–Crippen MR) is 145 cm³/mol. The van der Waals surface area contributed by atoms with Gasteiger partial charge >= 0.3 is 11.6 Å². The van der Waals surface area contributed by atoms with Crippen molar-refractivity contribution in [2.45, 2.75) is 6.54 Å². The first kappa shape index (κ1) is 24.1. The quantitative estimate of drug-likeness (QED) is 0.254. The standard InChI is InChI=1S/C28H25N9O2/c29-16-19-6-8-20(9-7-19)18-35-10-12-36(13-11-35)27-33-25-22(14-21-15-24(38)32-26(21)39)17-30-37(25)28(34-27)31-23-4-2-1-3-5-23/h1-9,14-15,17H,10-13,18H2,(H3,30,31,32,33,34,38,39)/p+1. The highest BCUT2D eigenvalue weighted by atomic mass is 16.3. The second-order valence-corrected chi connectivity index (χ2v) is 9.35. The van der Waals surface area contributed by atoms with Crippen LogP contribution in [0.5, 0.6) is 11.8 Å². The molecule has 2 aromatic carbocycles. The Labute approximate surface area is 223 Å². The number of anilines is 2. The molecule has 11 nitrogen and oxygen atoms in total. The number of benzene rings is 2. The highest BCUT2D eigenvalue weighted by Gasteiger charge is 2.21. The lowest BCUT2D eigenvalue weighted by Crippen LogP contribution is -2.49. The van der Waals surface area contributed by atoms with Crippen LogP contribution in [0.1, 0.15) is 16.7 Å². The number of rotatable bonds is 5. The highest BCUT2D eigenvalue weighted by molar-refractivity contribution is 5.62. The van der Waals surface area contributed by atoms with Gasteiger partial charge in [0.2, 0.25) is 5.65 Å². The van der Waals surface area contributed by atoms with Gasteiger partial charge in [0.15, 0.2) is 11.8 Å². The summed E-state index contributed by atoms with van der Waals surface area (Å²) in [4.78, 5) is 14.6. The normalized spacial score (nSPS) is 14.5. The third-order valence-electron chi connectivity index (χ3n) is 6.68. The molecular weight excluding hydrogens is 494 g/mol. The minimum Gasteiger partial charge on any atom is -0.494 e. The van der Waals surface area contributed by atoms with Gasteiger partial charge in [0.25, 0.3) is 0 Å². The van der Waals surface area contributed by atoms with Crippen molar-refractivity contribution in [3.63, 3.8) is 0 Å². The average molecular weight is 521 g/mol. The summed E-state index contributed by atoms with van der Waals surface area (Å²) in [5.74, 6) is 0.250. The van der Waals surface area contributed by atoms with E-state index in [2.05, 4.69) is 30.9 Å². The van der Waals surface area contributed by atoms with Crippen molar-refractivity contribution in [1.29, 1.82) is 5.26 Å². The Morgan fingerprint density at radius 3 is 2.51 bits per heavy atom. The van der Waals surface area contributed by atoms with Crippen LogP contribution < -0.4 is 20.7 Å². The molecule has 1 fully saturated rings. The number of fused-ring (bicyclic) bond motifs is 1. The number of hydrogen-bond acceptors (Lipinski definition) is 8. The van der Waals surface area contributed by atoms with Crippen LogP contribution in [-0.4, -0.2) is 65.9 Å². The number of aromatic hydroxyl groups is 2. The molecule has 1 saturated heterocycles. The fourth-order valence-corrected chi connectivity index (χ4v) is 4.63. The van der Waals surface area contributed by atoms with Crippen molar-refractivity contribution in [3.05, 3.63) is 94.4 Å². The lowest BCUT2D eigenvalue weighted by atomic mass is 10.1. The molecule has 0 spiro atoms. The summed E-state index contributed by atoms with van der Waals surface area (Å²) < 4.78 is 3.79. The van der Waals surface area contributed by atoms with E-state index in [4.69, 9.17) is 15.2 Å². The van der Waals surface area contributed by atoms with E-state index in [0.717, 1.165) is 38.4 Å². The van der Waals surface area contributed by atoms with Crippen LogP contribution in [0.25, 0.3) is 11.7 Å². The minimum absolute atomic E-state index is 0.129. The topological polar surface area (TPSA) is 141 Å². The number of nitrogens with one attached hydrogen (secondary N) is 2. The first-order valence-electron chi connectivity index (χ1n) is 12.6. The lowest BCUT2D eigenvalue weighted by molar-refractivity contribution is 0.213. The number of para-hydroxylation sites is 1. The largest absolute Gasteiger partial charge is 0.494 e. The number of aromatic nitrogens is 5. The molecule has 0 aliphatic carbocycles. The molecule has 1 aliphatic heterocycles. The molecule has 4 heterocycles. The zero-order valence-electron chi connectivity index (χ0n) is 21.0. The zero-order valence-corrected chi connectivity index (χ0v) is 21.0. The number of piperazine rings is 1. The average Bonchev–Trinajstić information content (AvgIpc) is 3.51. The van der Waals surface area contributed by atoms with E-state index in [1.807, 2.05) is 54.6 Å². The van der Waals surface area contributed by atoms with Crippen molar-refractivity contribution in [1.82, 2.24) is 34.0 Å². The fraction of sp³-hybridized carbons (Fsp3) is 0.179. The Kier molecular flexibility index (Phi) is 6.36. The summed E-state index contributed by atoms with van der Waals surface area (Å²) in [6.07, 6.45) is 3.37. The maximum Gasteiger partial charge on any atom is 0.434 e. The number of hydrogen-bond donors (Lipinski definition) is 4. The maximum atomic E-state index is 10.1. The molecule has 0 atom stereocenters. The van der Waals surface area contributed by atoms with Crippen molar-refractivity contribution < 1.29 is 10.2 Å². The Morgan fingerprint density at radius 1 is 1.05 bits per heavy atom. The second kappa shape index (κ2) is 10.3. The van der Waals surface area contributed by atoms with Gasteiger partial charge in [0.05, 0.1) is 36.1 Å². The predicted octanol–water partition coefficient (Wildman–Crippen LogP) is 1.31. The SMILES string of the molecule is N#Cc1ccc(CN2CC[N+](=c3nc(Nc4ccccc4)n4ncc(=Cc5cc(O)[nH]c5O)c4n3)CC2)cc1. The first-order chi connectivity index (χ1) is 19.1. The van der Waals surface area contributed by atoms with Crippen LogP contribution >= 0.6 is 0 Å². The summed E-state index contributed by atoms with van der Waals surface area (Å²) in [7, 11) is 0. The molecule has 11 heteroatoms. The van der Waals surface area contributed by atoms with Crippen LogP contribution in [0, 0.1) is 11.3 Å². The summed E-state index contributed by atoms with van der Waals surface area (Å²) in [6, 6.07) is 21.0. The van der Waals surface area contributed by atoms with E-state index < -0.39 is 0 Å². The summed E-state index contributed by atoms with van der Waals surface area (Å²) in [5.41, 5.74) is 4.28. The fourth-order valence-electron chi connectivity index (χ4n) is 4.63. The van der Waals surface area contributed by atoms with Crippen molar-refractivity contribution in [2.24, 2.45) is 0 Å². The van der Waals surface area contributed by atoms with Crippen LogP contribution in [0.3, 0.4) is 0 Å². The molecular formula is C28H26N9O2+. The van der Waals surface area contributed by atoms with Gasteiger partial charge in [-0.1, -0.05) is 30.3 Å². The van der Waals surface area contributed by atoms with Gasteiger partial charge in [0.1, 0.15) is 0 Å². The van der Waals surface area contributed by atoms with Gasteiger partial charge in [0, 0.05) is 37.0 Å². The number of nitrogens with zero attached hydrogens (tertiary/aromatic N) is 7. The van der Waals surface area contributed by atoms with E-state index in [0.29, 0.717) is 33.6 Å². The van der Waals surface area contributed by atoms with Crippen LogP contribution in [0.15, 0.2) is 66.9 Å². The molecule has 0 saturated carbocycles. The van der Waals surface area contributed by atoms with E-state index in [1.54, 1.807) is 16.8 Å². The molecule has 0 unspecified atom stereocenters. The van der Waals surface area contributed by atoms with Crippen molar-refractivity contribution >= 4 is 23.4 Å². The molecule has 0 radical (unpaired) electrons. The molecule has 5 aromatic rings. The maximum absolute atomic E-state index is 10.1. The highest BCUT2D eigenvalue weighted by Crippen LogP contribution is 2.22. The van der Waals surface area contributed by atoms with Gasteiger partial charge in [-0.2, -0.15) is 14.9 Å².